The van der Waals surface area contributed by atoms with E-state index in [0.717, 1.165) is 41.5 Å². The van der Waals surface area contributed by atoms with Crippen LogP contribution < -0.4 is 26.6 Å². The van der Waals surface area contributed by atoms with Crippen molar-refractivity contribution in [2.45, 2.75) is 12.8 Å². The van der Waals surface area contributed by atoms with Gasteiger partial charge in [0.2, 0.25) is 5.43 Å². The third-order valence-corrected chi connectivity index (χ3v) is 6.16. The van der Waals surface area contributed by atoms with Gasteiger partial charge in [-0.05, 0) is 47.9 Å². The van der Waals surface area contributed by atoms with Crippen LogP contribution in [-0.4, -0.2) is 42.7 Å². The molecule has 2 heterocycles. The van der Waals surface area contributed by atoms with Gasteiger partial charge in [0, 0.05) is 33.4 Å². The Morgan fingerprint density at radius 3 is 2.62 bits per heavy atom. The molecule has 4 N–H and O–H groups in total. The van der Waals surface area contributed by atoms with Crippen molar-refractivity contribution < 1.29 is 9.53 Å². The molecule has 0 saturated heterocycles. The third-order valence-electron chi connectivity index (χ3n) is 6.16. The first-order valence-electron chi connectivity index (χ1n) is 11.3. The van der Waals surface area contributed by atoms with Gasteiger partial charge in [-0.3, -0.25) is 20.4 Å². The molecule has 1 aliphatic rings. The molecule has 0 radical (unpaired) electrons. The molecule has 1 aromatic heterocycles. The van der Waals surface area contributed by atoms with Crippen molar-refractivity contribution in [3.63, 3.8) is 0 Å². The summed E-state index contributed by atoms with van der Waals surface area (Å²) in [4.78, 5) is 26.4. The Balaban J connectivity index is 1.62. The second-order valence-electron chi connectivity index (χ2n) is 8.54. The lowest BCUT2D eigenvalue weighted by Crippen LogP contribution is -2.32. The smallest absolute Gasteiger partial charge is 0.256 e. The number of nitrogens with two attached hydrogens (primary N) is 1. The first kappa shape index (κ1) is 21.9. The maximum atomic E-state index is 13.3. The fourth-order valence-electron chi connectivity index (χ4n) is 4.41. The highest BCUT2D eigenvalue weighted by molar-refractivity contribution is 6.01. The molecule has 0 aliphatic carbocycles. The number of carbonyl (C=O) groups excluding carboxylic acids is 1. The number of amides is 1. The van der Waals surface area contributed by atoms with Crippen LogP contribution in [0.3, 0.4) is 0 Å². The number of nitrogens with one attached hydrogen (secondary N) is 2. The number of benzene rings is 3. The fraction of sp³-hybridized carbons (Fsp3) is 0.231. The van der Waals surface area contributed by atoms with Gasteiger partial charge in [0.05, 0.1) is 16.8 Å². The number of rotatable bonds is 7. The van der Waals surface area contributed by atoms with Crippen molar-refractivity contribution in [2.75, 3.05) is 32.5 Å². The van der Waals surface area contributed by atoms with E-state index in [0.29, 0.717) is 28.9 Å². The van der Waals surface area contributed by atoms with Crippen molar-refractivity contribution in [2.24, 2.45) is 5.84 Å². The minimum Gasteiger partial charge on any atom is -0.451 e. The van der Waals surface area contributed by atoms with E-state index >= 15 is 0 Å². The Morgan fingerprint density at radius 2 is 1.88 bits per heavy atom. The number of fused-ring (bicyclic) bond motifs is 3. The number of hydrogen-bond acceptors (Lipinski definition) is 6. The topological polar surface area (TPSA) is 102 Å². The van der Waals surface area contributed by atoms with Crippen molar-refractivity contribution >= 4 is 33.3 Å². The Kier molecular flexibility index (Phi) is 5.69. The second kappa shape index (κ2) is 8.81. The van der Waals surface area contributed by atoms with E-state index in [2.05, 4.69) is 10.6 Å². The summed E-state index contributed by atoms with van der Waals surface area (Å²) >= 11 is 0. The Labute approximate surface area is 196 Å². The number of aromatic nitrogens is 1. The molecule has 174 valence electrons. The zero-order valence-electron chi connectivity index (χ0n) is 19.2. The molecule has 0 unspecified atom stereocenters. The molecular weight excluding hydrogens is 430 g/mol. The Bertz CT molecular complexity index is 1480. The van der Waals surface area contributed by atoms with Crippen LogP contribution in [0.15, 0.2) is 59.5 Å². The van der Waals surface area contributed by atoms with Gasteiger partial charge in [0.25, 0.3) is 5.91 Å². The number of carbonyl (C=O) groups is 1. The normalized spacial score (nSPS) is 12.0. The summed E-state index contributed by atoms with van der Waals surface area (Å²) in [5.41, 5.74) is 1.97. The lowest BCUT2D eigenvalue weighted by Gasteiger charge is -2.26. The highest BCUT2D eigenvalue weighted by atomic mass is 16.5. The van der Waals surface area contributed by atoms with E-state index in [-0.39, 0.29) is 16.9 Å². The number of pyridine rings is 1. The van der Waals surface area contributed by atoms with Gasteiger partial charge < -0.3 is 19.9 Å². The monoisotopic (exact) mass is 457 g/mol. The molecule has 0 saturated carbocycles. The molecule has 1 aliphatic heterocycles. The van der Waals surface area contributed by atoms with Gasteiger partial charge in [-0.2, -0.15) is 0 Å². The lowest BCUT2D eigenvalue weighted by atomic mass is 10.0. The van der Waals surface area contributed by atoms with Crippen LogP contribution in [0, 0.1) is 0 Å². The largest absolute Gasteiger partial charge is 0.451 e. The standard InChI is InChI=1S/C26H27N5O3/c1-28-20-10-9-18-23-25(20)34-22-14-17-8-4-3-7-16(17)13-21(22)31(23)15-19(24(18)32)26(33)29-11-5-6-12-30(2)27/h3-4,7-10,13-15,28H,5-6,11-12,27H2,1-2H3,(H,29,33). The second-order valence-corrected chi connectivity index (χ2v) is 8.54. The highest BCUT2D eigenvalue weighted by Crippen LogP contribution is 2.45. The number of hydrogen-bond donors (Lipinski definition) is 3. The van der Waals surface area contributed by atoms with E-state index in [4.69, 9.17) is 10.6 Å². The predicted molar refractivity (Wildman–Crippen MR) is 135 cm³/mol. The van der Waals surface area contributed by atoms with Crippen molar-refractivity contribution in [3.8, 4) is 17.2 Å². The van der Waals surface area contributed by atoms with Crippen LogP contribution in [0.4, 0.5) is 5.69 Å². The highest BCUT2D eigenvalue weighted by Gasteiger charge is 2.26. The lowest BCUT2D eigenvalue weighted by molar-refractivity contribution is 0.0951. The zero-order valence-corrected chi connectivity index (χ0v) is 19.2. The molecule has 5 rings (SSSR count). The van der Waals surface area contributed by atoms with Crippen LogP contribution >= 0.6 is 0 Å². The van der Waals surface area contributed by atoms with E-state index in [1.807, 2.05) is 48.0 Å². The van der Waals surface area contributed by atoms with Gasteiger partial charge in [0.1, 0.15) is 11.1 Å². The predicted octanol–water partition coefficient (Wildman–Crippen LogP) is 3.61. The number of hydrazine groups is 1. The third kappa shape index (κ3) is 3.76. The summed E-state index contributed by atoms with van der Waals surface area (Å²) in [6.07, 6.45) is 3.25. The first-order valence-corrected chi connectivity index (χ1v) is 11.3. The zero-order chi connectivity index (χ0) is 23.8. The van der Waals surface area contributed by atoms with E-state index in [1.54, 1.807) is 30.4 Å². The molecule has 0 spiro atoms. The van der Waals surface area contributed by atoms with E-state index in [1.165, 1.54) is 0 Å². The summed E-state index contributed by atoms with van der Waals surface area (Å²) in [6.45, 7) is 1.21. The van der Waals surface area contributed by atoms with Crippen molar-refractivity contribution in [1.29, 1.82) is 0 Å². The molecule has 4 aromatic rings. The van der Waals surface area contributed by atoms with Crippen LogP contribution in [-0.2, 0) is 0 Å². The Morgan fingerprint density at radius 1 is 1.12 bits per heavy atom. The summed E-state index contributed by atoms with van der Waals surface area (Å²) in [5.74, 6) is 6.48. The van der Waals surface area contributed by atoms with Gasteiger partial charge in [0.15, 0.2) is 11.5 Å². The molecular formula is C26H27N5O3. The molecule has 1 amide bonds. The minimum atomic E-state index is -0.384. The number of nitrogens with zero attached hydrogens (tertiary/aromatic N) is 2. The molecule has 8 heteroatoms. The van der Waals surface area contributed by atoms with Crippen LogP contribution in [0.1, 0.15) is 23.2 Å². The maximum Gasteiger partial charge on any atom is 0.256 e. The average molecular weight is 458 g/mol. The van der Waals surface area contributed by atoms with Gasteiger partial charge in [-0.15, -0.1) is 0 Å². The first-order chi connectivity index (χ1) is 16.5. The summed E-state index contributed by atoms with van der Waals surface area (Å²) < 4.78 is 8.21. The summed E-state index contributed by atoms with van der Waals surface area (Å²) in [5, 5.41) is 10.2. The Hall–Kier alpha value is -3.88. The summed E-state index contributed by atoms with van der Waals surface area (Å²) in [6, 6.07) is 15.6. The molecule has 0 fully saturated rings. The van der Waals surface area contributed by atoms with E-state index in [9.17, 15) is 9.59 Å². The van der Waals surface area contributed by atoms with Gasteiger partial charge in [-0.25, -0.2) is 0 Å². The van der Waals surface area contributed by atoms with Gasteiger partial charge >= 0.3 is 0 Å². The summed E-state index contributed by atoms with van der Waals surface area (Å²) in [7, 11) is 3.61. The minimum absolute atomic E-state index is 0.104. The number of unbranched alkanes of at least 4 members (excludes halogenated alkanes) is 1. The molecule has 34 heavy (non-hydrogen) atoms. The quantitative estimate of drug-likeness (QED) is 0.196. The average Bonchev–Trinajstić information content (AvgIpc) is 2.83. The molecule has 3 aromatic carbocycles. The van der Waals surface area contributed by atoms with E-state index < -0.39 is 0 Å². The van der Waals surface area contributed by atoms with Gasteiger partial charge in [-0.1, -0.05) is 24.3 Å². The van der Waals surface area contributed by atoms with Crippen LogP contribution in [0.5, 0.6) is 11.5 Å². The van der Waals surface area contributed by atoms with Crippen LogP contribution in [0.2, 0.25) is 0 Å². The fourth-order valence-corrected chi connectivity index (χ4v) is 4.41. The number of anilines is 1. The molecule has 0 bridgehead atoms. The SMILES string of the molecule is CNc1ccc2c(=O)c(C(=O)NCCCCN(C)N)cn3c2c1Oc1cc2ccccc2cc1-3. The molecule has 8 nitrogen and oxygen atoms in total. The number of ether oxygens (including phenoxy) is 1. The molecule has 0 atom stereocenters. The van der Waals surface area contributed by atoms with Crippen molar-refractivity contribution in [1.82, 2.24) is 14.9 Å². The van der Waals surface area contributed by atoms with Crippen molar-refractivity contribution in [3.05, 3.63) is 70.5 Å². The maximum absolute atomic E-state index is 13.3. The van der Waals surface area contributed by atoms with Crippen LogP contribution in [0.25, 0.3) is 27.4 Å².